The third-order valence-corrected chi connectivity index (χ3v) is 6.10. The molecule has 0 saturated heterocycles. The van der Waals surface area contributed by atoms with Crippen molar-refractivity contribution in [2.24, 2.45) is 5.92 Å². The molecule has 1 saturated carbocycles. The summed E-state index contributed by atoms with van der Waals surface area (Å²) in [6, 6.07) is 9.59. The van der Waals surface area contributed by atoms with Crippen molar-refractivity contribution in [1.29, 1.82) is 0 Å². The van der Waals surface area contributed by atoms with Gasteiger partial charge in [-0.15, -0.1) is 5.10 Å². The number of ether oxygens (including phenoxy) is 2. The van der Waals surface area contributed by atoms with Crippen molar-refractivity contribution in [2.75, 3.05) is 13.7 Å². The number of amides is 1. The van der Waals surface area contributed by atoms with E-state index >= 15 is 0 Å². The standard InChI is InChI=1S/C24H26N4O4/c1-3-13-25-24(30)32-21(14-7-8-14)22-26-23-20(31-2)12-10-18(28(23)27-22)16-5-4-6-17-15(16)9-11-19(17)29/h4-6,10,12,14,21H,3,7-9,11,13H2,1-2H3,(H,25,30). The molecule has 1 unspecified atom stereocenters. The Morgan fingerprint density at radius 3 is 2.78 bits per heavy atom. The first kappa shape index (κ1) is 20.5. The Balaban J connectivity index is 1.59. The number of carbonyl (C=O) groups is 2. The Kier molecular flexibility index (Phi) is 5.28. The van der Waals surface area contributed by atoms with Gasteiger partial charge in [-0.3, -0.25) is 4.79 Å². The summed E-state index contributed by atoms with van der Waals surface area (Å²) < 4.78 is 13.0. The summed E-state index contributed by atoms with van der Waals surface area (Å²) in [5, 5.41) is 7.53. The van der Waals surface area contributed by atoms with Crippen LogP contribution in [0.2, 0.25) is 0 Å². The van der Waals surface area contributed by atoms with Gasteiger partial charge in [-0.25, -0.2) is 14.3 Å². The van der Waals surface area contributed by atoms with Crippen molar-refractivity contribution >= 4 is 17.5 Å². The second kappa shape index (κ2) is 8.26. The highest BCUT2D eigenvalue weighted by Gasteiger charge is 2.38. The SMILES string of the molecule is CCCNC(=O)OC(c1nc2c(OC)ccc(-c3cccc4c3CCC4=O)n2n1)C1CC1. The molecule has 32 heavy (non-hydrogen) atoms. The molecule has 0 radical (unpaired) electrons. The molecule has 1 atom stereocenters. The van der Waals surface area contributed by atoms with Crippen molar-refractivity contribution < 1.29 is 19.1 Å². The third-order valence-electron chi connectivity index (χ3n) is 6.10. The van der Waals surface area contributed by atoms with Crippen LogP contribution in [0.25, 0.3) is 16.9 Å². The molecular formula is C24H26N4O4. The van der Waals surface area contributed by atoms with Gasteiger partial charge >= 0.3 is 6.09 Å². The van der Waals surface area contributed by atoms with E-state index in [-0.39, 0.29) is 11.7 Å². The predicted octanol–water partition coefficient (Wildman–Crippen LogP) is 4.12. The number of fused-ring (bicyclic) bond motifs is 2. The number of hydrogen-bond acceptors (Lipinski definition) is 6. The number of Topliss-reactive ketones (excluding diaryl/α,β-unsaturated/α-hetero) is 1. The second-order valence-corrected chi connectivity index (χ2v) is 8.34. The largest absolute Gasteiger partial charge is 0.493 e. The van der Waals surface area contributed by atoms with Gasteiger partial charge < -0.3 is 14.8 Å². The molecule has 2 aliphatic rings. The maximum absolute atomic E-state index is 12.3. The zero-order chi connectivity index (χ0) is 22.2. The fraction of sp³-hybridized carbons (Fsp3) is 0.417. The van der Waals surface area contributed by atoms with Crippen LogP contribution in [-0.4, -0.2) is 40.1 Å². The minimum Gasteiger partial charge on any atom is -0.493 e. The monoisotopic (exact) mass is 434 g/mol. The van der Waals surface area contributed by atoms with E-state index in [0.717, 1.165) is 41.6 Å². The molecule has 2 heterocycles. The quantitative estimate of drug-likeness (QED) is 0.601. The molecule has 0 aliphatic heterocycles. The van der Waals surface area contributed by atoms with Gasteiger partial charge in [-0.2, -0.15) is 0 Å². The van der Waals surface area contributed by atoms with Gasteiger partial charge in [0.15, 0.2) is 29.1 Å². The van der Waals surface area contributed by atoms with Gasteiger partial charge in [0.2, 0.25) is 0 Å². The molecule has 8 heteroatoms. The summed E-state index contributed by atoms with van der Waals surface area (Å²) in [6.07, 6.45) is 3.06. The summed E-state index contributed by atoms with van der Waals surface area (Å²) in [4.78, 5) is 29.2. The summed E-state index contributed by atoms with van der Waals surface area (Å²) in [5.74, 6) is 1.44. The predicted molar refractivity (Wildman–Crippen MR) is 118 cm³/mol. The minimum absolute atomic E-state index is 0.172. The summed E-state index contributed by atoms with van der Waals surface area (Å²) in [6.45, 7) is 2.55. The van der Waals surface area contributed by atoms with Crippen LogP contribution in [0.3, 0.4) is 0 Å². The second-order valence-electron chi connectivity index (χ2n) is 8.34. The molecule has 1 aromatic carbocycles. The van der Waals surface area contributed by atoms with Crippen LogP contribution < -0.4 is 10.1 Å². The fourth-order valence-corrected chi connectivity index (χ4v) is 4.31. The molecule has 1 N–H and O–H groups in total. The highest BCUT2D eigenvalue weighted by molar-refractivity contribution is 6.02. The average Bonchev–Trinajstić information content (AvgIpc) is 3.44. The number of methoxy groups -OCH3 is 1. The molecule has 166 valence electrons. The van der Waals surface area contributed by atoms with E-state index in [1.54, 1.807) is 11.6 Å². The van der Waals surface area contributed by atoms with Gasteiger partial charge in [0, 0.05) is 30.0 Å². The molecule has 5 rings (SSSR count). The van der Waals surface area contributed by atoms with Crippen molar-refractivity contribution in [3.05, 3.63) is 47.3 Å². The van der Waals surface area contributed by atoms with Crippen LogP contribution in [0.15, 0.2) is 30.3 Å². The van der Waals surface area contributed by atoms with E-state index in [4.69, 9.17) is 19.6 Å². The number of alkyl carbamates (subject to hydrolysis) is 1. The van der Waals surface area contributed by atoms with E-state index in [2.05, 4.69) is 5.32 Å². The van der Waals surface area contributed by atoms with E-state index in [9.17, 15) is 9.59 Å². The van der Waals surface area contributed by atoms with Crippen molar-refractivity contribution in [3.8, 4) is 17.0 Å². The maximum Gasteiger partial charge on any atom is 0.407 e. The lowest BCUT2D eigenvalue weighted by Crippen LogP contribution is -2.27. The Labute approximate surface area is 185 Å². The number of hydrogen-bond donors (Lipinski definition) is 1. The molecular weight excluding hydrogens is 408 g/mol. The molecule has 0 bridgehead atoms. The highest BCUT2D eigenvalue weighted by Crippen LogP contribution is 2.43. The highest BCUT2D eigenvalue weighted by atomic mass is 16.6. The normalized spacial score (nSPS) is 16.1. The Bertz CT molecular complexity index is 1200. The first-order valence-corrected chi connectivity index (χ1v) is 11.1. The topological polar surface area (TPSA) is 94.8 Å². The number of nitrogens with zero attached hydrogens (tertiary/aromatic N) is 3. The molecule has 0 spiro atoms. The lowest BCUT2D eigenvalue weighted by atomic mass is 10.00. The number of nitrogens with one attached hydrogen (secondary N) is 1. The third kappa shape index (κ3) is 3.59. The maximum atomic E-state index is 12.3. The van der Waals surface area contributed by atoms with Crippen LogP contribution >= 0.6 is 0 Å². The Hall–Kier alpha value is -3.42. The zero-order valence-electron chi connectivity index (χ0n) is 18.3. The number of rotatable bonds is 7. The minimum atomic E-state index is -0.507. The van der Waals surface area contributed by atoms with Crippen LogP contribution in [-0.2, 0) is 11.2 Å². The van der Waals surface area contributed by atoms with E-state index < -0.39 is 12.2 Å². The lowest BCUT2D eigenvalue weighted by Gasteiger charge is -2.14. The number of aromatic nitrogens is 3. The van der Waals surface area contributed by atoms with Crippen LogP contribution in [0.5, 0.6) is 5.75 Å². The first-order chi connectivity index (χ1) is 15.6. The summed E-state index contributed by atoms with van der Waals surface area (Å²) in [5.41, 5.74) is 4.16. The number of pyridine rings is 1. The lowest BCUT2D eigenvalue weighted by molar-refractivity contribution is 0.0801. The van der Waals surface area contributed by atoms with Crippen LogP contribution in [0, 0.1) is 5.92 Å². The van der Waals surface area contributed by atoms with Gasteiger partial charge in [-0.1, -0.05) is 25.1 Å². The molecule has 8 nitrogen and oxygen atoms in total. The fourth-order valence-electron chi connectivity index (χ4n) is 4.31. The molecule has 3 aromatic rings. The van der Waals surface area contributed by atoms with E-state index in [1.807, 2.05) is 37.3 Å². The Morgan fingerprint density at radius 1 is 1.22 bits per heavy atom. The van der Waals surface area contributed by atoms with Crippen LogP contribution in [0.4, 0.5) is 4.79 Å². The van der Waals surface area contributed by atoms with E-state index in [1.165, 1.54) is 0 Å². The van der Waals surface area contributed by atoms with Crippen molar-refractivity contribution in [1.82, 2.24) is 19.9 Å². The number of ketones is 1. The zero-order valence-corrected chi connectivity index (χ0v) is 18.3. The van der Waals surface area contributed by atoms with Crippen LogP contribution in [0.1, 0.15) is 60.5 Å². The first-order valence-electron chi connectivity index (χ1n) is 11.1. The number of carbonyl (C=O) groups excluding carboxylic acids is 2. The van der Waals surface area contributed by atoms with Crippen molar-refractivity contribution in [3.63, 3.8) is 0 Å². The summed E-state index contributed by atoms with van der Waals surface area (Å²) in [7, 11) is 1.59. The van der Waals surface area contributed by atoms with Gasteiger partial charge in [0.1, 0.15) is 0 Å². The molecule has 2 aliphatic carbocycles. The number of benzene rings is 1. The van der Waals surface area contributed by atoms with Gasteiger partial charge in [0.05, 0.1) is 12.8 Å². The van der Waals surface area contributed by atoms with Gasteiger partial charge in [-0.05, 0) is 43.4 Å². The molecule has 1 fully saturated rings. The molecule has 2 aromatic heterocycles. The smallest absolute Gasteiger partial charge is 0.407 e. The molecule has 1 amide bonds. The van der Waals surface area contributed by atoms with E-state index in [0.29, 0.717) is 36.6 Å². The summed E-state index contributed by atoms with van der Waals surface area (Å²) >= 11 is 0. The Morgan fingerprint density at radius 2 is 2.03 bits per heavy atom. The average molecular weight is 434 g/mol. The van der Waals surface area contributed by atoms with Crippen molar-refractivity contribution in [2.45, 2.75) is 45.1 Å². The van der Waals surface area contributed by atoms with Gasteiger partial charge in [0.25, 0.3) is 0 Å².